The van der Waals surface area contributed by atoms with E-state index in [1.54, 1.807) is 14.0 Å². The Balaban J connectivity index is 2.96. The molecule has 0 aromatic heterocycles. The lowest BCUT2D eigenvalue weighted by molar-refractivity contribution is -0.139. The van der Waals surface area contributed by atoms with E-state index in [0.717, 1.165) is 11.3 Å². The molecule has 0 fully saturated rings. The fourth-order valence-corrected chi connectivity index (χ4v) is 2.48. The zero-order chi connectivity index (χ0) is 17.6. The number of carboxylic acids is 1. The summed E-state index contributed by atoms with van der Waals surface area (Å²) in [5.41, 5.74) is 0.121. The molecule has 5 heteroatoms. The maximum Gasteiger partial charge on any atom is 0.305 e. The number of rotatable bonds is 8. The Morgan fingerprint density at radius 1 is 1.26 bits per heavy atom. The maximum atomic E-state index is 12.7. The quantitative estimate of drug-likeness (QED) is 0.771. The number of carbonyl (C=O) groups excluding carboxylic acids is 1. The molecule has 1 rings (SSSR count). The summed E-state index contributed by atoms with van der Waals surface area (Å²) in [7, 11) is 1.60. The molecule has 0 bridgehead atoms. The second-order valence-corrected chi connectivity index (χ2v) is 6.37. The van der Waals surface area contributed by atoms with Gasteiger partial charge in [-0.15, -0.1) is 0 Å². The van der Waals surface area contributed by atoms with Crippen molar-refractivity contribution in [3.63, 3.8) is 0 Å². The molecule has 23 heavy (non-hydrogen) atoms. The SMILES string of the molecule is CCC(C(=O)NC(C)(CC(=O)O)C(C)C)c1ccc(OC)cc1. The third-order valence-corrected chi connectivity index (χ3v) is 4.44. The summed E-state index contributed by atoms with van der Waals surface area (Å²) >= 11 is 0. The van der Waals surface area contributed by atoms with Gasteiger partial charge in [0.1, 0.15) is 5.75 Å². The molecule has 1 aromatic rings. The highest BCUT2D eigenvalue weighted by Gasteiger charge is 2.34. The predicted octanol–water partition coefficient (Wildman–Crippen LogP) is 3.19. The van der Waals surface area contributed by atoms with Crippen LogP contribution in [-0.4, -0.2) is 29.6 Å². The van der Waals surface area contributed by atoms with Crippen LogP contribution in [0.5, 0.6) is 5.75 Å². The first-order valence-corrected chi connectivity index (χ1v) is 7.91. The molecule has 0 spiro atoms. The molecule has 0 radical (unpaired) electrons. The monoisotopic (exact) mass is 321 g/mol. The average Bonchev–Trinajstić information content (AvgIpc) is 2.47. The number of amides is 1. The molecule has 0 aliphatic carbocycles. The Labute approximate surface area is 138 Å². The van der Waals surface area contributed by atoms with Gasteiger partial charge in [-0.1, -0.05) is 32.9 Å². The topological polar surface area (TPSA) is 75.6 Å². The van der Waals surface area contributed by atoms with E-state index in [1.165, 1.54) is 0 Å². The third kappa shape index (κ3) is 4.98. The highest BCUT2D eigenvalue weighted by atomic mass is 16.5. The van der Waals surface area contributed by atoms with Gasteiger partial charge in [-0.3, -0.25) is 9.59 Å². The highest BCUT2D eigenvalue weighted by Crippen LogP contribution is 2.26. The lowest BCUT2D eigenvalue weighted by Gasteiger charge is -2.35. The van der Waals surface area contributed by atoms with Crippen molar-refractivity contribution < 1.29 is 19.4 Å². The molecule has 0 heterocycles. The molecule has 5 nitrogen and oxygen atoms in total. The standard InChI is InChI=1S/C18H27NO4/c1-6-15(13-7-9-14(23-5)10-8-13)17(22)19-18(4,12(2)3)11-16(20)21/h7-10,12,15H,6,11H2,1-5H3,(H,19,22)(H,20,21). The van der Waals surface area contributed by atoms with Crippen LogP contribution in [0, 0.1) is 5.92 Å². The van der Waals surface area contributed by atoms with Crippen molar-refractivity contribution in [3.05, 3.63) is 29.8 Å². The van der Waals surface area contributed by atoms with Crippen molar-refractivity contribution >= 4 is 11.9 Å². The van der Waals surface area contributed by atoms with Gasteiger partial charge >= 0.3 is 5.97 Å². The van der Waals surface area contributed by atoms with Crippen LogP contribution >= 0.6 is 0 Å². The van der Waals surface area contributed by atoms with Crippen molar-refractivity contribution in [1.29, 1.82) is 0 Å². The Bertz CT molecular complexity index is 538. The second-order valence-electron chi connectivity index (χ2n) is 6.37. The number of carbonyl (C=O) groups is 2. The largest absolute Gasteiger partial charge is 0.497 e. The number of hydrogen-bond acceptors (Lipinski definition) is 3. The van der Waals surface area contributed by atoms with Crippen molar-refractivity contribution in [1.82, 2.24) is 5.32 Å². The molecule has 2 unspecified atom stereocenters. The second kappa shape index (κ2) is 7.99. The maximum absolute atomic E-state index is 12.7. The first-order chi connectivity index (χ1) is 10.7. The molecular formula is C18H27NO4. The van der Waals surface area contributed by atoms with Crippen molar-refractivity contribution in [2.45, 2.75) is 52.0 Å². The van der Waals surface area contributed by atoms with E-state index in [-0.39, 0.29) is 24.2 Å². The van der Waals surface area contributed by atoms with E-state index in [4.69, 9.17) is 9.84 Å². The van der Waals surface area contributed by atoms with E-state index in [1.807, 2.05) is 45.0 Å². The Morgan fingerprint density at radius 2 is 1.83 bits per heavy atom. The van der Waals surface area contributed by atoms with Crippen LogP contribution < -0.4 is 10.1 Å². The lowest BCUT2D eigenvalue weighted by Crippen LogP contribution is -2.52. The van der Waals surface area contributed by atoms with Crippen LogP contribution in [0.15, 0.2) is 24.3 Å². The summed E-state index contributed by atoms with van der Waals surface area (Å²) in [5.74, 6) is -0.625. The van der Waals surface area contributed by atoms with Crippen molar-refractivity contribution in [2.24, 2.45) is 5.92 Å². The fourth-order valence-electron chi connectivity index (χ4n) is 2.48. The number of methoxy groups -OCH3 is 1. The molecule has 2 atom stereocenters. The highest BCUT2D eigenvalue weighted by molar-refractivity contribution is 5.85. The molecule has 128 valence electrons. The minimum Gasteiger partial charge on any atom is -0.497 e. The van der Waals surface area contributed by atoms with Crippen LogP contribution in [0.1, 0.15) is 52.0 Å². The number of nitrogens with one attached hydrogen (secondary N) is 1. The number of benzene rings is 1. The number of aliphatic carboxylic acids is 1. The minimum absolute atomic E-state index is 0.0101. The molecular weight excluding hydrogens is 294 g/mol. The average molecular weight is 321 g/mol. The number of hydrogen-bond donors (Lipinski definition) is 2. The van der Waals surface area contributed by atoms with E-state index in [9.17, 15) is 9.59 Å². The zero-order valence-electron chi connectivity index (χ0n) is 14.6. The molecule has 0 aliphatic heterocycles. The summed E-state index contributed by atoms with van der Waals surface area (Å²) in [5, 5.41) is 12.1. The lowest BCUT2D eigenvalue weighted by atomic mass is 9.84. The normalized spacial score (nSPS) is 14.9. The van der Waals surface area contributed by atoms with Gasteiger partial charge < -0.3 is 15.2 Å². The molecule has 1 aromatic carbocycles. The third-order valence-electron chi connectivity index (χ3n) is 4.44. The van der Waals surface area contributed by atoms with Crippen LogP contribution in [-0.2, 0) is 9.59 Å². The van der Waals surface area contributed by atoms with E-state index in [2.05, 4.69) is 5.32 Å². The molecule has 0 saturated carbocycles. The summed E-state index contributed by atoms with van der Waals surface area (Å²) in [6, 6.07) is 7.39. The fraction of sp³-hybridized carbons (Fsp3) is 0.556. The summed E-state index contributed by atoms with van der Waals surface area (Å²) in [6.45, 7) is 7.55. The number of ether oxygens (including phenoxy) is 1. The van der Waals surface area contributed by atoms with Gasteiger partial charge in [-0.05, 0) is 37.0 Å². The van der Waals surface area contributed by atoms with E-state index < -0.39 is 11.5 Å². The van der Waals surface area contributed by atoms with Crippen LogP contribution in [0.25, 0.3) is 0 Å². The van der Waals surface area contributed by atoms with Crippen LogP contribution in [0.2, 0.25) is 0 Å². The molecule has 0 aliphatic rings. The summed E-state index contributed by atoms with van der Waals surface area (Å²) in [6.07, 6.45) is 0.537. The molecule has 0 saturated heterocycles. The van der Waals surface area contributed by atoms with Gasteiger partial charge in [0, 0.05) is 5.54 Å². The van der Waals surface area contributed by atoms with Gasteiger partial charge in [0.05, 0.1) is 19.4 Å². The minimum atomic E-state index is -0.918. The van der Waals surface area contributed by atoms with Crippen molar-refractivity contribution in [3.8, 4) is 5.75 Å². The summed E-state index contributed by atoms with van der Waals surface area (Å²) < 4.78 is 5.13. The molecule has 1 amide bonds. The van der Waals surface area contributed by atoms with Crippen molar-refractivity contribution in [2.75, 3.05) is 7.11 Å². The molecule has 2 N–H and O–H groups in total. The van der Waals surface area contributed by atoms with Gasteiger partial charge in [0.25, 0.3) is 0 Å². The van der Waals surface area contributed by atoms with E-state index >= 15 is 0 Å². The van der Waals surface area contributed by atoms with Gasteiger partial charge in [0.2, 0.25) is 5.91 Å². The Morgan fingerprint density at radius 3 is 2.22 bits per heavy atom. The number of carboxylic acid groups (broad SMARTS) is 1. The zero-order valence-corrected chi connectivity index (χ0v) is 14.6. The van der Waals surface area contributed by atoms with E-state index in [0.29, 0.717) is 6.42 Å². The predicted molar refractivity (Wildman–Crippen MR) is 89.7 cm³/mol. The summed E-state index contributed by atoms with van der Waals surface area (Å²) in [4.78, 5) is 23.8. The van der Waals surface area contributed by atoms with Gasteiger partial charge in [0.15, 0.2) is 0 Å². The van der Waals surface area contributed by atoms with Gasteiger partial charge in [-0.2, -0.15) is 0 Å². The smallest absolute Gasteiger partial charge is 0.305 e. The Hall–Kier alpha value is -2.04. The first-order valence-electron chi connectivity index (χ1n) is 7.91. The van der Waals surface area contributed by atoms with Crippen LogP contribution in [0.4, 0.5) is 0 Å². The first kappa shape index (κ1) is 19.0. The Kier molecular flexibility index (Phi) is 6.61. The van der Waals surface area contributed by atoms with Crippen LogP contribution in [0.3, 0.4) is 0 Å². The van der Waals surface area contributed by atoms with Gasteiger partial charge in [-0.25, -0.2) is 0 Å².